The molecule has 0 fully saturated rings. The summed E-state index contributed by atoms with van der Waals surface area (Å²) in [6.45, 7) is 4.48. The van der Waals surface area contributed by atoms with E-state index in [2.05, 4.69) is 20.7 Å². The largest absolute Gasteiger partial charge is 0.497 e. The average molecular weight is 532 g/mol. The van der Waals surface area contributed by atoms with Crippen molar-refractivity contribution in [2.24, 2.45) is 5.10 Å². The van der Waals surface area contributed by atoms with Crippen LogP contribution in [0.4, 0.5) is 0 Å². The van der Waals surface area contributed by atoms with Crippen molar-refractivity contribution in [3.63, 3.8) is 0 Å². The molecule has 0 saturated carbocycles. The normalized spacial score (nSPS) is 10.9. The lowest BCUT2D eigenvalue weighted by atomic mass is 10.1. The first kappa shape index (κ1) is 26.7. The zero-order valence-electron chi connectivity index (χ0n) is 21.7. The Hall–Kier alpha value is -4.31. The summed E-state index contributed by atoms with van der Waals surface area (Å²) in [5.41, 5.74) is 6.26. The van der Waals surface area contributed by atoms with Crippen molar-refractivity contribution in [3.8, 4) is 34.3 Å². The van der Waals surface area contributed by atoms with E-state index in [4.69, 9.17) is 14.2 Å². The number of thioether (sulfide) groups is 1. The van der Waals surface area contributed by atoms with Gasteiger partial charge in [0.05, 0.1) is 32.8 Å². The summed E-state index contributed by atoms with van der Waals surface area (Å²) in [6.07, 6.45) is 1.55. The molecule has 1 amide bonds. The Morgan fingerprint density at radius 1 is 1.00 bits per heavy atom. The highest BCUT2D eigenvalue weighted by atomic mass is 32.2. The van der Waals surface area contributed by atoms with E-state index in [-0.39, 0.29) is 11.7 Å². The van der Waals surface area contributed by atoms with Gasteiger partial charge in [0.15, 0.2) is 22.5 Å². The Labute approximate surface area is 225 Å². The maximum atomic E-state index is 12.6. The molecule has 1 N–H and O–H groups in total. The quantitative estimate of drug-likeness (QED) is 0.167. The van der Waals surface area contributed by atoms with Gasteiger partial charge in [0.1, 0.15) is 5.75 Å². The molecule has 0 spiro atoms. The number of hydrogen-bond donors (Lipinski definition) is 1. The lowest BCUT2D eigenvalue weighted by molar-refractivity contribution is -0.118. The van der Waals surface area contributed by atoms with E-state index in [1.807, 2.05) is 73.0 Å². The Kier molecular flexibility index (Phi) is 8.99. The van der Waals surface area contributed by atoms with E-state index in [1.165, 1.54) is 11.8 Å². The number of aryl methyl sites for hydroxylation is 1. The molecule has 3 aromatic carbocycles. The first-order chi connectivity index (χ1) is 18.5. The molecule has 0 saturated heterocycles. The Bertz CT molecular complexity index is 1400. The monoisotopic (exact) mass is 531 g/mol. The third-order valence-electron chi connectivity index (χ3n) is 5.50. The van der Waals surface area contributed by atoms with Crippen LogP contribution in [0.15, 0.2) is 77.0 Å². The molecule has 9 nitrogen and oxygen atoms in total. The van der Waals surface area contributed by atoms with E-state index in [0.29, 0.717) is 29.1 Å². The zero-order valence-corrected chi connectivity index (χ0v) is 22.5. The number of nitrogens with one attached hydrogen (secondary N) is 1. The number of benzene rings is 3. The van der Waals surface area contributed by atoms with Gasteiger partial charge in [-0.2, -0.15) is 5.10 Å². The van der Waals surface area contributed by atoms with Crippen LogP contribution in [0.1, 0.15) is 18.1 Å². The molecule has 38 heavy (non-hydrogen) atoms. The highest BCUT2D eigenvalue weighted by Crippen LogP contribution is 2.29. The molecule has 1 aromatic heterocycles. The van der Waals surface area contributed by atoms with Gasteiger partial charge in [0.2, 0.25) is 0 Å². The molecule has 0 radical (unpaired) electrons. The van der Waals surface area contributed by atoms with Crippen LogP contribution < -0.4 is 19.6 Å². The van der Waals surface area contributed by atoms with Crippen LogP contribution in [0.5, 0.6) is 17.2 Å². The molecule has 0 aliphatic heterocycles. The standard InChI is InChI=1S/C28H29N5O4S/c1-5-37-24-15-8-20(16-25(24)36-4)17-29-30-26(34)18-38-28-32-31-27(21-9-6-19(2)7-10-21)33(28)22-11-13-23(35-3)14-12-22/h6-17H,5,18H2,1-4H3,(H,30,34)/b29-17+. The minimum absolute atomic E-state index is 0.103. The highest BCUT2D eigenvalue weighted by Gasteiger charge is 2.17. The van der Waals surface area contributed by atoms with Gasteiger partial charge < -0.3 is 14.2 Å². The van der Waals surface area contributed by atoms with Crippen LogP contribution in [0.25, 0.3) is 17.1 Å². The lowest BCUT2D eigenvalue weighted by Gasteiger charge is -2.11. The number of carbonyl (C=O) groups excluding carboxylic acids is 1. The maximum Gasteiger partial charge on any atom is 0.250 e. The number of amides is 1. The molecule has 0 bridgehead atoms. The fourth-order valence-electron chi connectivity index (χ4n) is 3.60. The summed E-state index contributed by atoms with van der Waals surface area (Å²) in [5, 5.41) is 13.5. The Morgan fingerprint density at radius 2 is 1.76 bits per heavy atom. The van der Waals surface area contributed by atoms with Gasteiger partial charge in [0.25, 0.3) is 5.91 Å². The van der Waals surface area contributed by atoms with Crippen molar-refractivity contribution in [1.82, 2.24) is 20.2 Å². The molecule has 4 aromatic rings. The van der Waals surface area contributed by atoms with Crippen LogP contribution in [-0.4, -0.2) is 53.5 Å². The van der Waals surface area contributed by atoms with Gasteiger partial charge >= 0.3 is 0 Å². The second kappa shape index (κ2) is 12.8. The number of aromatic nitrogens is 3. The molecular weight excluding hydrogens is 502 g/mol. The van der Waals surface area contributed by atoms with E-state index in [0.717, 1.165) is 28.1 Å². The minimum Gasteiger partial charge on any atom is -0.497 e. The summed E-state index contributed by atoms with van der Waals surface area (Å²) >= 11 is 1.27. The summed E-state index contributed by atoms with van der Waals surface area (Å²) < 4.78 is 18.1. The topological polar surface area (TPSA) is 99.9 Å². The van der Waals surface area contributed by atoms with Crippen LogP contribution in [0.2, 0.25) is 0 Å². The minimum atomic E-state index is -0.273. The van der Waals surface area contributed by atoms with Crippen LogP contribution in [0, 0.1) is 6.92 Å². The first-order valence-corrected chi connectivity index (χ1v) is 12.9. The van der Waals surface area contributed by atoms with Crippen LogP contribution >= 0.6 is 11.8 Å². The smallest absolute Gasteiger partial charge is 0.250 e. The molecule has 0 atom stereocenters. The van der Waals surface area contributed by atoms with Crippen molar-refractivity contribution in [3.05, 3.63) is 77.9 Å². The predicted octanol–water partition coefficient (Wildman–Crippen LogP) is 4.90. The number of carbonyl (C=O) groups is 1. The first-order valence-electron chi connectivity index (χ1n) is 11.9. The molecule has 0 aliphatic carbocycles. The van der Waals surface area contributed by atoms with Crippen molar-refractivity contribution in [1.29, 1.82) is 0 Å². The fraction of sp³-hybridized carbons (Fsp3) is 0.214. The lowest BCUT2D eigenvalue weighted by Crippen LogP contribution is -2.20. The van der Waals surface area contributed by atoms with Crippen LogP contribution in [-0.2, 0) is 4.79 Å². The third-order valence-corrected chi connectivity index (χ3v) is 6.43. The summed E-state index contributed by atoms with van der Waals surface area (Å²) in [7, 11) is 3.20. The van der Waals surface area contributed by atoms with Gasteiger partial charge in [-0.15, -0.1) is 10.2 Å². The molecule has 0 unspecified atom stereocenters. The SMILES string of the molecule is CCOc1ccc(/C=N/NC(=O)CSc2nnc(-c3ccc(C)cc3)n2-c2ccc(OC)cc2)cc1OC. The number of hydrazone groups is 1. The highest BCUT2D eigenvalue weighted by molar-refractivity contribution is 7.99. The summed E-state index contributed by atoms with van der Waals surface area (Å²) in [6, 6.07) is 21.1. The molecule has 4 rings (SSSR count). The second-order valence-electron chi connectivity index (χ2n) is 8.13. The third kappa shape index (κ3) is 6.51. The number of nitrogens with zero attached hydrogens (tertiary/aromatic N) is 4. The van der Waals surface area contributed by atoms with Crippen molar-refractivity contribution in [2.75, 3.05) is 26.6 Å². The number of rotatable bonds is 11. The molecule has 0 aliphatic rings. The number of hydrogen-bond acceptors (Lipinski definition) is 8. The Balaban J connectivity index is 1.47. The predicted molar refractivity (Wildman–Crippen MR) is 149 cm³/mol. The van der Waals surface area contributed by atoms with Crippen molar-refractivity contribution < 1.29 is 19.0 Å². The molecular formula is C28H29N5O4S. The molecule has 1 heterocycles. The van der Waals surface area contributed by atoms with Crippen LogP contribution in [0.3, 0.4) is 0 Å². The second-order valence-corrected chi connectivity index (χ2v) is 9.07. The van der Waals surface area contributed by atoms with E-state index < -0.39 is 0 Å². The summed E-state index contributed by atoms with van der Waals surface area (Å²) in [4.78, 5) is 12.6. The van der Waals surface area contributed by atoms with Gasteiger partial charge in [-0.1, -0.05) is 41.6 Å². The Morgan fingerprint density at radius 3 is 2.45 bits per heavy atom. The van der Waals surface area contributed by atoms with Gasteiger partial charge in [-0.3, -0.25) is 9.36 Å². The van der Waals surface area contributed by atoms with Crippen molar-refractivity contribution >= 4 is 23.9 Å². The zero-order chi connectivity index (χ0) is 26.9. The van der Waals surface area contributed by atoms with Gasteiger partial charge in [0, 0.05) is 11.3 Å². The average Bonchev–Trinajstić information content (AvgIpc) is 3.37. The maximum absolute atomic E-state index is 12.6. The fourth-order valence-corrected chi connectivity index (χ4v) is 4.34. The van der Waals surface area contributed by atoms with Crippen molar-refractivity contribution in [2.45, 2.75) is 19.0 Å². The van der Waals surface area contributed by atoms with E-state index in [9.17, 15) is 4.79 Å². The van der Waals surface area contributed by atoms with E-state index >= 15 is 0 Å². The van der Waals surface area contributed by atoms with E-state index in [1.54, 1.807) is 32.6 Å². The number of ether oxygens (including phenoxy) is 3. The molecule has 196 valence electrons. The van der Waals surface area contributed by atoms with Gasteiger partial charge in [-0.25, -0.2) is 5.43 Å². The summed E-state index contributed by atoms with van der Waals surface area (Å²) in [5.74, 6) is 2.51. The van der Waals surface area contributed by atoms with Gasteiger partial charge in [-0.05, 0) is 61.9 Å². The number of methoxy groups -OCH3 is 2. The molecule has 10 heteroatoms.